The maximum atomic E-state index is 11.2. The fourth-order valence-electron chi connectivity index (χ4n) is 3.21. The van der Waals surface area contributed by atoms with Gasteiger partial charge in [0.05, 0.1) is 0 Å². The lowest BCUT2D eigenvalue weighted by molar-refractivity contribution is -0.0624. The minimum atomic E-state index is -0.518. The molecule has 1 aromatic rings. The van der Waals surface area contributed by atoms with Crippen molar-refractivity contribution in [3.8, 4) is 0 Å². The maximum absolute atomic E-state index is 11.2. The van der Waals surface area contributed by atoms with Crippen LogP contribution >= 0.6 is 11.3 Å². The quantitative estimate of drug-likeness (QED) is 0.893. The van der Waals surface area contributed by atoms with E-state index in [2.05, 4.69) is 29.5 Å². The van der Waals surface area contributed by atoms with Gasteiger partial charge in [0.1, 0.15) is 5.60 Å². The Balaban J connectivity index is 1.84. The summed E-state index contributed by atoms with van der Waals surface area (Å²) >= 11 is 1.73. The van der Waals surface area contributed by atoms with Crippen LogP contribution in [0, 0.1) is 11.8 Å². The molecular formula is C14H21NOS. The summed E-state index contributed by atoms with van der Waals surface area (Å²) in [5.74, 6) is 0.986. The van der Waals surface area contributed by atoms with Gasteiger partial charge in [0.2, 0.25) is 0 Å². The zero-order valence-corrected chi connectivity index (χ0v) is 11.2. The molecule has 2 nitrogen and oxygen atoms in total. The molecule has 0 bridgehead atoms. The number of hydrogen-bond donors (Lipinski definition) is 1. The van der Waals surface area contributed by atoms with Crippen LogP contribution < -0.4 is 0 Å². The highest BCUT2D eigenvalue weighted by Gasteiger charge is 2.51. The smallest absolute Gasteiger partial charge is 0.104 e. The molecule has 1 aliphatic carbocycles. The van der Waals surface area contributed by atoms with E-state index in [-0.39, 0.29) is 0 Å². The molecule has 94 valence electrons. The Labute approximate surface area is 107 Å². The van der Waals surface area contributed by atoms with Gasteiger partial charge < -0.3 is 10.0 Å². The lowest BCUT2D eigenvalue weighted by atomic mass is 9.76. The predicted molar refractivity (Wildman–Crippen MR) is 71.2 cm³/mol. The van der Waals surface area contributed by atoms with Gasteiger partial charge in [-0.3, -0.25) is 0 Å². The van der Waals surface area contributed by atoms with Crippen LogP contribution in [0.15, 0.2) is 17.5 Å². The number of rotatable bonds is 3. The molecule has 0 amide bonds. The van der Waals surface area contributed by atoms with Gasteiger partial charge in [-0.2, -0.15) is 0 Å². The van der Waals surface area contributed by atoms with Crippen LogP contribution in [0.25, 0.3) is 0 Å². The molecule has 1 aromatic heterocycles. The standard InChI is InChI=1S/C14H21NOS/c1-15-8-6-12(7-9-15)14(16,11-4-5-11)13-3-2-10-17-13/h2-3,10-12,16H,4-9H2,1H3. The van der Waals surface area contributed by atoms with Crippen molar-refractivity contribution < 1.29 is 5.11 Å². The van der Waals surface area contributed by atoms with Gasteiger partial charge >= 0.3 is 0 Å². The van der Waals surface area contributed by atoms with Crippen molar-refractivity contribution in [2.75, 3.05) is 20.1 Å². The number of hydrogen-bond acceptors (Lipinski definition) is 3. The topological polar surface area (TPSA) is 23.5 Å². The highest BCUT2D eigenvalue weighted by Crippen LogP contribution is 2.53. The van der Waals surface area contributed by atoms with Crippen molar-refractivity contribution in [1.82, 2.24) is 4.90 Å². The molecule has 0 radical (unpaired) electrons. The largest absolute Gasteiger partial charge is 0.384 e. The van der Waals surface area contributed by atoms with Crippen molar-refractivity contribution in [2.45, 2.75) is 31.3 Å². The van der Waals surface area contributed by atoms with Crippen LogP contribution in [0.5, 0.6) is 0 Å². The zero-order valence-electron chi connectivity index (χ0n) is 10.4. The van der Waals surface area contributed by atoms with E-state index in [9.17, 15) is 5.11 Å². The minimum Gasteiger partial charge on any atom is -0.384 e. The summed E-state index contributed by atoms with van der Waals surface area (Å²) in [6.45, 7) is 2.26. The Kier molecular flexibility index (Phi) is 3.01. The molecule has 1 saturated carbocycles. The van der Waals surface area contributed by atoms with Crippen LogP contribution in [0.4, 0.5) is 0 Å². The molecule has 1 N–H and O–H groups in total. The summed E-state index contributed by atoms with van der Waals surface area (Å²) in [6, 6.07) is 4.20. The highest BCUT2D eigenvalue weighted by molar-refractivity contribution is 7.10. The second-order valence-corrected chi connectivity index (χ2v) is 6.60. The number of thiophene rings is 1. The van der Waals surface area contributed by atoms with Gasteiger partial charge in [0, 0.05) is 4.88 Å². The Hall–Kier alpha value is -0.380. The second-order valence-electron chi connectivity index (χ2n) is 5.65. The fraction of sp³-hybridized carbons (Fsp3) is 0.714. The van der Waals surface area contributed by atoms with Gasteiger partial charge in [-0.15, -0.1) is 11.3 Å². The van der Waals surface area contributed by atoms with Gasteiger partial charge in [-0.05, 0) is 69.1 Å². The summed E-state index contributed by atoms with van der Waals surface area (Å²) in [4.78, 5) is 3.58. The number of nitrogens with zero attached hydrogens (tertiary/aromatic N) is 1. The third-order valence-electron chi connectivity index (χ3n) is 4.46. The summed E-state index contributed by atoms with van der Waals surface area (Å²) in [7, 11) is 2.18. The Morgan fingerprint density at radius 3 is 2.41 bits per heavy atom. The van der Waals surface area contributed by atoms with Gasteiger partial charge in [0.25, 0.3) is 0 Å². The lowest BCUT2D eigenvalue weighted by Gasteiger charge is -2.40. The molecule has 0 spiro atoms. The van der Waals surface area contributed by atoms with E-state index in [1.807, 2.05) is 0 Å². The normalized spacial score (nSPS) is 26.9. The van der Waals surface area contributed by atoms with E-state index >= 15 is 0 Å². The molecule has 1 unspecified atom stereocenters. The van der Waals surface area contributed by atoms with Crippen LogP contribution in [0.1, 0.15) is 30.6 Å². The minimum absolute atomic E-state index is 0.463. The average Bonchev–Trinajstić information content (AvgIpc) is 3.05. The molecule has 3 heteroatoms. The highest BCUT2D eigenvalue weighted by atomic mass is 32.1. The summed E-state index contributed by atoms with van der Waals surface area (Å²) in [6.07, 6.45) is 4.70. The van der Waals surface area contributed by atoms with Crippen LogP contribution in [0.2, 0.25) is 0 Å². The van der Waals surface area contributed by atoms with E-state index < -0.39 is 5.60 Å². The van der Waals surface area contributed by atoms with E-state index in [0.29, 0.717) is 11.8 Å². The van der Waals surface area contributed by atoms with Crippen LogP contribution in [-0.2, 0) is 5.60 Å². The van der Waals surface area contributed by atoms with Gasteiger partial charge in [0.15, 0.2) is 0 Å². The summed E-state index contributed by atoms with van der Waals surface area (Å²) in [5.41, 5.74) is -0.518. The average molecular weight is 251 g/mol. The first-order valence-electron chi connectivity index (χ1n) is 6.66. The fourth-order valence-corrected chi connectivity index (χ4v) is 4.20. The summed E-state index contributed by atoms with van der Waals surface area (Å²) < 4.78 is 0. The first kappa shape index (κ1) is 11.7. The lowest BCUT2D eigenvalue weighted by Crippen LogP contribution is -2.43. The van der Waals surface area contributed by atoms with Crippen molar-refractivity contribution in [3.05, 3.63) is 22.4 Å². The Bertz CT molecular complexity index is 366. The third-order valence-corrected chi connectivity index (χ3v) is 5.47. The van der Waals surface area contributed by atoms with Crippen molar-refractivity contribution in [3.63, 3.8) is 0 Å². The molecule has 2 aliphatic rings. The van der Waals surface area contributed by atoms with Crippen molar-refractivity contribution >= 4 is 11.3 Å². The number of piperidine rings is 1. The third kappa shape index (κ3) is 2.05. The molecule has 17 heavy (non-hydrogen) atoms. The molecule has 2 heterocycles. The maximum Gasteiger partial charge on any atom is 0.104 e. The van der Waals surface area contributed by atoms with Gasteiger partial charge in [-0.1, -0.05) is 6.07 Å². The van der Waals surface area contributed by atoms with Crippen LogP contribution in [-0.4, -0.2) is 30.1 Å². The van der Waals surface area contributed by atoms with E-state index in [1.54, 1.807) is 11.3 Å². The number of likely N-dealkylation sites (tertiary alicyclic amines) is 1. The molecular weight excluding hydrogens is 230 g/mol. The monoisotopic (exact) mass is 251 g/mol. The number of aliphatic hydroxyl groups is 1. The Morgan fingerprint density at radius 1 is 1.24 bits per heavy atom. The van der Waals surface area contributed by atoms with Crippen LogP contribution in [0.3, 0.4) is 0 Å². The molecule has 1 aliphatic heterocycles. The second kappa shape index (κ2) is 4.38. The molecule has 3 rings (SSSR count). The van der Waals surface area contributed by atoms with Crippen molar-refractivity contribution in [1.29, 1.82) is 0 Å². The predicted octanol–water partition coefficient (Wildman–Crippen LogP) is 2.69. The zero-order chi connectivity index (χ0) is 11.9. The van der Waals surface area contributed by atoms with E-state index in [0.717, 1.165) is 25.9 Å². The molecule has 2 fully saturated rings. The van der Waals surface area contributed by atoms with E-state index in [4.69, 9.17) is 0 Å². The molecule has 1 atom stereocenters. The first-order valence-corrected chi connectivity index (χ1v) is 7.54. The molecule has 1 saturated heterocycles. The Morgan fingerprint density at radius 2 is 1.88 bits per heavy atom. The van der Waals surface area contributed by atoms with E-state index in [1.165, 1.54) is 17.7 Å². The SMILES string of the molecule is CN1CCC(C(O)(c2cccs2)C2CC2)CC1. The first-order chi connectivity index (χ1) is 8.21. The summed E-state index contributed by atoms with van der Waals surface area (Å²) in [5, 5.41) is 13.3. The molecule has 0 aromatic carbocycles. The van der Waals surface area contributed by atoms with Crippen molar-refractivity contribution in [2.24, 2.45) is 11.8 Å². The van der Waals surface area contributed by atoms with Gasteiger partial charge in [-0.25, -0.2) is 0 Å².